The molecule has 3 nitrogen and oxygen atoms in total. The summed E-state index contributed by atoms with van der Waals surface area (Å²) in [7, 11) is 1.51. The fourth-order valence-corrected chi connectivity index (χ4v) is 2.16. The standard InChI is InChI=1S/C18H17FO3/c1-3-5-15-8-14(11-20)10-17(21-2)18(15)22-12-13-6-4-7-16(19)9-13/h3-4,6-11H,1,5,12H2,2H3. The molecule has 0 saturated carbocycles. The van der Waals surface area contributed by atoms with Crippen molar-refractivity contribution in [3.63, 3.8) is 0 Å². The minimum Gasteiger partial charge on any atom is -0.493 e. The van der Waals surface area contributed by atoms with Crippen LogP contribution in [0.4, 0.5) is 4.39 Å². The predicted octanol–water partition coefficient (Wildman–Crippen LogP) is 3.95. The van der Waals surface area contributed by atoms with Gasteiger partial charge in [-0.15, -0.1) is 6.58 Å². The number of hydrogen-bond donors (Lipinski definition) is 0. The zero-order valence-electron chi connectivity index (χ0n) is 12.3. The van der Waals surface area contributed by atoms with Crippen molar-refractivity contribution >= 4 is 6.29 Å². The van der Waals surface area contributed by atoms with E-state index in [2.05, 4.69) is 6.58 Å². The Morgan fingerprint density at radius 3 is 2.73 bits per heavy atom. The first-order chi connectivity index (χ1) is 10.7. The maximum atomic E-state index is 13.2. The first-order valence-electron chi connectivity index (χ1n) is 6.82. The maximum absolute atomic E-state index is 13.2. The number of benzene rings is 2. The number of rotatable bonds is 7. The van der Waals surface area contributed by atoms with E-state index < -0.39 is 0 Å². The maximum Gasteiger partial charge on any atom is 0.165 e. The average molecular weight is 300 g/mol. The highest BCUT2D eigenvalue weighted by Crippen LogP contribution is 2.33. The molecule has 0 saturated heterocycles. The SMILES string of the molecule is C=CCc1cc(C=O)cc(OC)c1OCc1cccc(F)c1. The molecule has 0 amide bonds. The summed E-state index contributed by atoms with van der Waals surface area (Å²) in [5, 5.41) is 0. The van der Waals surface area contributed by atoms with E-state index in [1.807, 2.05) is 0 Å². The summed E-state index contributed by atoms with van der Waals surface area (Å²) in [5.41, 5.74) is 2.02. The van der Waals surface area contributed by atoms with Gasteiger partial charge in [0.1, 0.15) is 18.7 Å². The quantitative estimate of drug-likeness (QED) is 0.573. The zero-order chi connectivity index (χ0) is 15.9. The normalized spacial score (nSPS) is 10.1. The molecule has 0 aromatic heterocycles. The lowest BCUT2D eigenvalue weighted by molar-refractivity contribution is 0.112. The lowest BCUT2D eigenvalue weighted by Crippen LogP contribution is -2.02. The van der Waals surface area contributed by atoms with Crippen molar-refractivity contribution in [2.45, 2.75) is 13.0 Å². The molecule has 0 spiro atoms. The Labute approximate surface area is 129 Å². The topological polar surface area (TPSA) is 35.5 Å². The van der Waals surface area contributed by atoms with Crippen molar-refractivity contribution in [1.29, 1.82) is 0 Å². The van der Waals surface area contributed by atoms with Crippen molar-refractivity contribution in [2.75, 3.05) is 7.11 Å². The minimum absolute atomic E-state index is 0.207. The summed E-state index contributed by atoms with van der Waals surface area (Å²) in [4.78, 5) is 11.0. The number of hydrogen-bond acceptors (Lipinski definition) is 3. The van der Waals surface area contributed by atoms with Gasteiger partial charge in [0.25, 0.3) is 0 Å². The summed E-state index contributed by atoms with van der Waals surface area (Å²) in [6.45, 7) is 3.91. The number of methoxy groups -OCH3 is 1. The molecule has 0 aliphatic carbocycles. The molecule has 0 radical (unpaired) electrons. The van der Waals surface area contributed by atoms with E-state index in [0.717, 1.165) is 11.8 Å². The van der Waals surface area contributed by atoms with Gasteiger partial charge in [0.05, 0.1) is 7.11 Å². The van der Waals surface area contributed by atoms with Gasteiger partial charge in [-0.2, -0.15) is 0 Å². The smallest absolute Gasteiger partial charge is 0.165 e. The molecule has 0 bridgehead atoms. The first-order valence-corrected chi connectivity index (χ1v) is 6.82. The Balaban J connectivity index is 2.31. The Hall–Kier alpha value is -2.62. The van der Waals surface area contributed by atoms with Crippen LogP contribution in [0.2, 0.25) is 0 Å². The van der Waals surface area contributed by atoms with Crippen molar-refractivity contribution in [3.05, 3.63) is 71.6 Å². The van der Waals surface area contributed by atoms with Gasteiger partial charge in [0, 0.05) is 11.1 Å². The van der Waals surface area contributed by atoms with Gasteiger partial charge in [-0.25, -0.2) is 4.39 Å². The van der Waals surface area contributed by atoms with E-state index in [1.165, 1.54) is 19.2 Å². The fraction of sp³-hybridized carbons (Fsp3) is 0.167. The second kappa shape index (κ2) is 7.41. The highest BCUT2D eigenvalue weighted by atomic mass is 19.1. The molecule has 114 valence electrons. The summed E-state index contributed by atoms with van der Waals surface area (Å²) >= 11 is 0. The van der Waals surface area contributed by atoms with Crippen LogP contribution < -0.4 is 9.47 Å². The van der Waals surface area contributed by atoms with Crippen molar-refractivity contribution < 1.29 is 18.7 Å². The summed E-state index contributed by atoms with van der Waals surface area (Å²) in [6, 6.07) is 9.55. The van der Waals surface area contributed by atoms with Gasteiger partial charge in [-0.3, -0.25) is 4.79 Å². The Kier molecular flexibility index (Phi) is 5.31. The van der Waals surface area contributed by atoms with Gasteiger partial charge in [0.2, 0.25) is 0 Å². The minimum atomic E-state index is -0.310. The number of carbonyl (C=O) groups is 1. The van der Waals surface area contributed by atoms with Crippen LogP contribution >= 0.6 is 0 Å². The van der Waals surface area contributed by atoms with E-state index in [1.54, 1.807) is 30.3 Å². The summed E-state index contributed by atoms with van der Waals surface area (Å²) in [5.74, 6) is 0.700. The fourth-order valence-electron chi connectivity index (χ4n) is 2.16. The monoisotopic (exact) mass is 300 g/mol. The van der Waals surface area contributed by atoms with Crippen LogP contribution in [0, 0.1) is 5.82 Å². The van der Waals surface area contributed by atoms with Gasteiger partial charge in [-0.05, 0) is 36.2 Å². The first kappa shape index (κ1) is 15.8. The molecule has 0 heterocycles. The molecule has 2 aromatic rings. The largest absolute Gasteiger partial charge is 0.493 e. The Morgan fingerprint density at radius 2 is 2.09 bits per heavy atom. The van der Waals surface area contributed by atoms with Crippen LogP contribution in [0.5, 0.6) is 11.5 Å². The van der Waals surface area contributed by atoms with Gasteiger partial charge in [0.15, 0.2) is 11.5 Å². The predicted molar refractivity (Wildman–Crippen MR) is 83.0 cm³/mol. The molecule has 0 fully saturated rings. The molecule has 22 heavy (non-hydrogen) atoms. The molecule has 4 heteroatoms. The lowest BCUT2D eigenvalue weighted by Gasteiger charge is -2.15. The molecule has 0 aliphatic heterocycles. The highest BCUT2D eigenvalue weighted by Gasteiger charge is 2.13. The van der Waals surface area contributed by atoms with E-state index in [4.69, 9.17) is 9.47 Å². The van der Waals surface area contributed by atoms with Crippen LogP contribution in [0.3, 0.4) is 0 Å². The number of allylic oxidation sites excluding steroid dienone is 1. The Bertz CT molecular complexity index is 680. The van der Waals surface area contributed by atoms with Gasteiger partial charge in [-0.1, -0.05) is 18.2 Å². The molecular formula is C18H17FO3. The summed E-state index contributed by atoms with van der Waals surface area (Å²) in [6.07, 6.45) is 3.01. The van der Waals surface area contributed by atoms with Crippen molar-refractivity contribution in [1.82, 2.24) is 0 Å². The van der Waals surface area contributed by atoms with Crippen LogP contribution in [0.15, 0.2) is 49.1 Å². The van der Waals surface area contributed by atoms with Crippen molar-refractivity contribution in [2.24, 2.45) is 0 Å². The van der Waals surface area contributed by atoms with Crippen LogP contribution in [0.25, 0.3) is 0 Å². The number of aldehydes is 1. The molecule has 0 atom stereocenters. The third-order valence-corrected chi connectivity index (χ3v) is 3.15. The molecule has 0 unspecified atom stereocenters. The number of carbonyl (C=O) groups excluding carboxylic acids is 1. The van der Waals surface area contributed by atoms with Gasteiger partial charge < -0.3 is 9.47 Å². The second-order valence-electron chi connectivity index (χ2n) is 4.74. The Morgan fingerprint density at radius 1 is 1.27 bits per heavy atom. The van der Waals surface area contributed by atoms with E-state index >= 15 is 0 Å². The number of ether oxygens (including phenoxy) is 2. The molecule has 0 aliphatic rings. The molecular weight excluding hydrogens is 283 g/mol. The average Bonchev–Trinajstić information content (AvgIpc) is 2.53. The van der Waals surface area contributed by atoms with E-state index in [0.29, 0.717) is 29.0 Å². The van der Waals surface area contributed by atoms with Crippen molar-refractivity contribution in [3.8, 4) is 11.5 Å². The molecule has 2 aromatic carbocycles. The van der Waals surface area contributed by atoms with Gasteiger partial charge >= 0.3 is 0 Å². The van der Waals surface area contributed by atoms with Crippen LogP contribution in [0.1, 0.15) is 21.5 Å². The second-order valence-corrected chi connectivity index (χ2v) is 4.74. The zero-order valence-corrected chi connectivity index (χ0v) is 12.3. The summed E-state index contributed by atoms with van der Waals surface area (Å²) < 4.78 is 24.3. The number of halogens is 1. The lowest BCUT2D eigenvalue weighted by atomic mass is 10.1. The highest BCUT2D eigenvalue weighted by molar-refractivity contribution is 5.77. The third kappa shape index (κ3) is 3.73. The third-order valence-electron chi connectivity index (χ3n) is 3.15. The van der Waals surface area contributed by atoms with E-state index in [-0.39, 0.29) is 12.4 Å². The molecule has 0 N–H and O–H groups in total. The van der Waals surface area contributed by atoms with Crippen LogP contribution in [-0.4, -0.2) is 13.4 Å². The van der Waals surface area contributed by atoms with Crippen LogP contribution in [-0.2, 0) is 13.0 Å². The van der Waals surface area contributed by atoms with E-state index in [9.17, 15) is 9.18 Å². The molecule has 2 rings (SSSR count).